The summed E-state index contributed by atoms with van der Waals surface area (Å²) in [6, 6.07) is 6.27. The third-order valence-corrected chi connectivity index (χ3v) is 5.21. The van der Waals surface area contributed by atoms with Crippen molar-refractivity contribution in [3.63, 3.8) is 0 Å². The summed E-state index contributed by atoms with van der Waals surface area (Å²) in [6.07, 6.45) is 5.94. The molecule has 1 aliphatic rings. The van der Waals surface area contributed by atoms with E-state index >= 15 is 0 Å². The van der Waals surface area contributed by atoms with Crippen LogP contribution in [0.25, 0.3) is 0 Å². The van der Waals surface area contributed by atoms with Crippen molar-refractivity contribution in [1.29, 1.82) is 0 Å². The van der Waals surface area contributed by atoms with Gasteiger partial charge >= 0.3 is 0 Å². The molecule has 3 heterocycles. The van der Waals surface area contributed by atoms with Crippen molar-refractivity contribution in [2.24, 2.45) is 5.92 Å². The third kappa shape index (κ3) is 5.79. The summed E-state index contributed by atoms with van der Waals surface area (Å²) >= 11 is 0. The number of anilines is 2. The maximum Gasteiger partial charge on any atom is 0.225 e. The normalized spacial score (nSPS) is 17.2. The van der Waals surface area contributed by atoms with Crippen LogP contribution >= 0.6 is 0 Å². The van der Waals surface area contributed by atoms with E-state index in [-0.39, 0.29) is 12.1 Å². The maximum absolute atomic E-state index is 5.98. The van der Waals surface area contributed by atoms with E-state index in [0.717, 1.165) is 37.3 Å². The number of nitrogens with zero attached hydrogens (tertiary/aromatic N) is 3. The summed E-state index contributed by atoms with van der Waals surface area (Å²) in [4.78, 5) is 13.4. The minimum Gasteiger partial charge on any atom is -0.474 e. The highest BCUT2D eigenvalue weighted by molar-refractivity contribution is 5.41. The highest BCUT2D eigenvalue weighted by Gasteiger charge is 2.15. The lowest BCUT2D eigenvalue weighted by atomic mass is 10.1. The maximum atomic E-state index is 5.98. The molecule has 28 heavy (non-hydrogen) atoms. The number of piperidine rings is 1. The van der Waals surface area contributed by atoms with Crippen molar-refractivity contribution in [3.05, 3.63) is 36.2 Å². The molecule has 1 saturated heterocycles. The van der Waals surface area contributed by atoms with Gasteiger partial charge in [0.1, 0.15) is 11.9 Å². The fourth-order valence-corrected chi connectivity index (χ4v) is 2.99. The van der Waals surface area contributed by atoms with Crippen molar-refractivity contribution in [2.75, 3.05) is 23.7 Å². The van der Waals surface area contributed by atoms with Gasteiger partial charge in [-0.1, -0.05) is 19.9 Å². The Bertz CT molecular complexity index is 730. The zero-order valence-corrected chi connectivity index (χ0v) is 17.3. The van der Waals surface area contributed by atoms with Crippen LogP contribution in [0.3, 0.4) is 0 Å². The second kappa shape index (κ2) is 9.68. The molecule has 2 aromatic rings. The van der Waals surface area contributed by atoms with Gasteiger partial charge in [0.25, 0.3) is 0 Å². The Balaban J connectivity index is 1.57. The quantitative estimate of drug-likeness (QED) is 0.641. The third-order valence-electron chi connectivity index (χ3n) is 5.21. The predicted molar refractivity (Wildman–Crippen MR) is 113 cm³/mol. The first-order valence-corrected chi connectivity index (χ1v) is 10.2. The molecule has 0 radical (unpaired) electrons. The summed E-state index contributed by atoms with van der Waals surface area (Å²) in [5.74, 6) is 2.65. The largest absolute Gasteiger partial charge is 0.474 e. The van der Waals surface area contributed by atoms with Gasteiger partial charge in [0.05, 0.1) is 6.04 Å². The fraction of sp³-hybridized carbons (Fsp3) is 0.571. The van der Waals surface area contributed by atoms with Gasteiger partial charge in [-0.3, -0.25) is 0 Å². The fourth-order valence-electron chi connectivity index (χ4n) is 2.99. The average molecular weight is 385 g/mol. The number of hydrogen-bond donors (Lipinski definition) is 3. The molecule has 0 aromatic carbocycles. The molecule has 1 aliphatic heterocycles. The highest BCUT2D eigenvalue weighted by atomic mass is 16.5. The summed E-state index contributed by atoms with van der Waals surface area (Å²) in [5, 5.41) is 10.1. The second-order valence-electron chi connectivity index (χ2n) is 7.81. The SMILES string of the molecule is CC(Nc1nccc(N[C@H](C)C(C)C)n1)c1ccc(OC2CCNCC2)nc1. The molecule has 1 fully saturated rings. The van der Waals surface area contributed by atoms with Crippen LogP contribution in [0.5, 0.6) is 5.88 Å². The van der Waals surface area contributed by atoms with Crippen molar-refractivity contribution in [2.45, 2.75) is 58.7 Å². The highest BCUT2D eigenvalue weighted by Crippen LogP contribution is 2.20. The van der Waals surface area contributed by atoms with Crippen LogP contribution in [0.15, 0.2) is 30.6 Å². The Morgan fingerprint density at radius 2 is 1.82 bits per heavy atom. The van der Waals surface area contributed by atoms with E-state index in [0.29, 0.717) is 23.8 Å². The Hall–Kier alpha value is -2.41. The average Bonchev–Trinajstić information content (AvgIpc) is 2.69. The van der Waals surface area contributed by atoms with E-state index in [1.807, 2.05) is 24.4 Å². The molecule has 152 valence electrons. The van der Waals surface area contributed by atoms with Crippen LogP contribution in [0.2, 0.25) is 0 Å². The van der Waals surface area contributed by atoms with E-state index in [9.17, 15) is 0 Å². The molecule has 3 N–H and O–H groups in total. The molecule has 1 unspecified atom stereocenters. The number of ether oxygens (including phenoxy) is 1. The molecule has 0 spiro atoms. The summed E-state index contributed by atoms with van der Waals surface area (Å²) < 4.78 is 5.98. The van der Waals surface area contributed by atoms with Crippen LogP contribution < -0.4 is 20.7 Å². The van der Waals surface area contributed by atoms with Crippen LogP contribution in [0.4, 0.5) is 11.8 Å². The van der Waals surface area contributed by atoms with Crippen LogP contribution in [-0.2, 0) is 0 Å². The van der Waals surface area contributed by atoms with E-state index in [2.05, 4.69) is 58.6 Å². The molecule has 0 amide bonds. The van der Waals surface area contributed by atoms with Crippen molar-refractivity contribution in [3.8, 4) is 5.88 Å². The molecule has 3 rings (SSSR count). The summed E-state index contributed by atoms with van der Waals surface area (Å²) in [5.41, 5.74) is 1.06. The molecule has 2 aromatic heterocycles. The Morgan fingerprint density at radius 3 is 2.50 bits per heavy atom. The van der Waals surface area contributed by atoms with Crippen LogP contribution in [0, 0.1) is 5.92 Å². The molecule has 2 atom stereocenters. The Labute approximate surface area is 167 Å². The van der Waals surface area contributed by atoms with Crippen LogP contribution in [0.1, 0.15) is 52.1 Å². The monoisotopic (exact) mass is 384 g/mol. The van der Waals surface area contributed by atoms with E-state index in [1.54, 1.807) is 6.20 Å². The minimum absolute atomic E-state index is 0.0400. The van der Waals surface area contributed by atoms with Gasteiger partial charge < -0.3 is 20.7 Å². The molecular weight excluding hydrogens is 352 g/mol. The van der Waals surface area contributed by atoms with Crippen molar-refractivity contribution < 1.29 is 4.74 Å². The standard InChI is InChI=1S/C21H32N6O/c1-14(2)15(3)25-19-9-12-23-21(27-19)26-16(4)17-5-6-20(24-13-17)28-18-7-10-22-11-8-18/h5-6,9,12-16,18,22H,7-8,10-11H2,1-4H3,(H2,23,25,26,27)/t15-,16?/m1/s1. The Kier molecular flexibility index (Phi) is 7.03. The molecule has 7 heteroatoms. The minimum atomic E-state index is 0.0400. The van der Waals surface area contributed by atoms with Gasteiger partial charge in [0.2, 0.25) is 11.8 Å². The van der Waals surface area contributed by atoms with Gasteiger partial charge in [-0.05, 0) is 57.3 Å². The molecule has 0 bridgehead atoms. The first-order valence-electron chi connectivity index (χ1n) is 10.2. The van der Waals surface area contributed by atoms with Crippen LogP contribution in [-0.4, -0.2) is 40.2 Å². The zero-order chi connectivity index (χ0) is 19.9. The number of aromatic nitrogens is 3. The van der Waals surface area contributed by atoms with E-state index in [4.69, 9.17) is 4.74 Å². The first kappa shape index (κ1) is 20.3. The summed E-state index contributed by atoms with van der Waals surface area (Å²) in [6.45, 7) is 10.6. The number of hydrogen-bond acceptors (Lipinski definition) is 7. The molecule has 0 saturated carbocycles. The van der Waals surface area contributed by atoms with Gasteiger partial charge in [0.15, 0.2) is 0 Å². The lowest BCUT2D eigenvalue weighted by Gasteiger charge is -2.23. The van der Waals surface area contributed by atoms with E-state index < -0.39 is 0 Å². The second-order valence-corrected chi connectivity index (χ2v) is 7.81. The lowest BCUT2D eigenvalue weighted by molar-refractivity contribution is 0.156. The number of rotatable bonds is 8. The van der Waals surface area contributed by atoms with Gasteiger partial charge in [-0.15, -0.1) is 0 Å². The van der Waals surface area contributed by atoms with E-state index in [1.165, 1.54) is 0 Å². The van der Waals surface area contributed by atoms with Gasteiger partial charge in [0, 0.05) is 24.5 Å². The van der Waals surface area contributed by atoms with Crippen molar-refractivity contribution >= 4 is 11.8 Å². The van der Waals surface area contributed by atoms with Gasteiger partial charge in [-0.25, -0.2) is 9.97 Å². The predicted octanol–water partition coefficient (Wildman–Crippen LogP) is 3.63. The summed E-state index contributed by atoms with van der Waals surface area (Å²) in [7, 11) is 0. The lowest BCUT2D eigenvalue weighted by Crippen LogP contribution is -2.34. The Morgan fingerprint density at radius 1 is 1.04 bits per heavy atom. The number of pyridine rings is 1. The van der Waals surface area contributed by atoms with Gasteiger partial charge in [-0.2, -0.15) is 4.98 Å². The first-order chi connectivity index (χ1) is 13.5. The topological polar surface area (TPSA) is 84.0 Å². The molecular formula is C21H32N6O. The zero-order valence-electron chi connectivity index (χ0n) is 17.3. The number of nitrogens with one attached hydrogen (secondary N) is 3. The molecule has 7 nitrogen and oxygen atoms in total. The molecule has 0 aliphatic carbocycles. The van der Waals surface area contributed by atoms with Crippen molar-refractivity contribution in [1.82, 2.24) is 20.3 Å². The smallest absolute Gasteiger partial charge is 0.225 e.